The Hall–Kier alpha value is -1.39. The third kappa shape index (κ3) is 3.33. The Bertz CT molecular complexity index is 441. The van der Waals surface area contributed by atoms with Crippen molar-refractivity contribution in [1.82, 2.24) is 20.1 Å². The molecule has 1 aromatic heterocycles. The molecule has 0 radical (unpaired) electrons. The lowest BCUT2D eigenvalue weighted by Crippen LogP contribution is -2.32. The van der Waals surface area contributed by atoms with E-state index in [9.17, 15) is 4.79 Å². The minimum Gasteiger partial charge on any atom is -0.339 e. The molecule has 1 fully saturated rings. The summed E-state index contributed by atoms with van der Waals surface area (Å²) in [6, 6.07) is 0. The number of H-pyrrole nitrogens is 1. The number of amides is 1. The van der Waals surface area contributed by atoms with Crippen molar-refractivity contribution < 1.29 is 4.79 Å². The topological polar surface area (TPSA) is 61.9 Å². The Morgan fingerprint density at radius 2 is 2.00 bits per heavy atom. The number of rotatable bonds is 3. The first-order chi connectivity index (χ1) is 8.88. The first-order valence-electron chi connectivity index (χ1n) is 7.06. The molecule has 0 aliphatic heterocycles. The quantitative estimate of drug-likeness (QED) is 0.911. The second kappa shape index (κ2) is 5.31. The summed E-state index contributed by atoms with van der Waals surface area (Å²) in [7, 11) is 1.84. The van der Waals surface area contributed by atoms with Crippen molar-refractivity contribution in [2.24, 2.45) is 5.92 Å². The highest BCUT2D eigenvalue weighted by Gasteiger charge is 2.25. The summed E-state index contributed by atoms with van der Waals surface area (Å²) in [5.41, 5.74) is -0.116. The second-order valence-electron chi connectivity index (χ2n) is 6.59. The normalized spacial score (nSPS) is 16.8. The van der Waals surface area contributed by atoms with E-state index < -0.39 is 0 Å². The van der Waals surface area contributed by atoms with Crippen LogP contribution >= 0.6 is 0 Å². The fourth-order valence-corrected chi connectivity index (χ4v) is 2.53. The van der Waals surface area contributed by atoms with E-state index in [2.05, 4.69) is 15.2 Å². The Kier molecular flexibility index (Phi) is 3.92. The summed E-state index contributed by atoms with van der Waals surface area (Å²) in [5, 5.41) is 6.92. The molecule has 0 atom stereocenters. The van der Waals surface area contributed by atoms with Crippen LogP contribution in [0, 0.1) is 5.92 Å². The Balaban J connectivity index is 2.00. The highest BCUT2D eigenvalue weighted by Crippen LogP contribution is 2.25. The van der Waals surface area contributed by atoms with Gasteiger partial charge >= 0.3 is 0 Å². The molecule has 1 amide bonds. The molecule has 0 aromatic carbocycles. The van der Waals surface area contributed by atoms with Gasteiger partial charge in [0.05, 0.1) is 0 Å². The van der Waals surface area contributed by atoms with E-state index in [0.717, 1.165) is 12.4 Å². The Morgan fingerprint density at radius 3 is 2.53 bits per heavy atom. The van der Waals surface area contributed by atoms with E-state index >= 15 is 0 Å². The van der Waals surface area contributed by atoms with Crippen molar-refractivity contribution in [3.05, 3.63) is 11.6 Å². The zero-order valence-electron chi connectivity index (χ0n) is 12.4. The van der Waals surface area contributed by atoms with Gasteiger partial charge in [-0.05, 0) is 18.8 Å². The maximum absolute atomic E-state index is 12.3. The van der Waals surface area contributed by atoms with E-state index in [1.807, 2.05) is 27.8 Å². The molecule has 0 bridgehead atoms. The molecule has 106 valence electrons. The molecule has 5 heteroatoms. The minimum absolute atomic E-state index is 0.0846. The maximum Gasteiger partial charge on any atom is 0.293 e. The average Bonchev–Trinajstić information content (AvgIpc) is 2.97. The summed E-state index contributed by atoms with van der Waals surface area (Å²) in [4.78, 5) is 18.3. The van der Waals surface area contributed by atoms with Gasteiger partial charge in [-0.15, -0.1) is 5.10 Å². The molecule has 1 aliphatic rings. The molecule has 19 heavy (non-hydrogen) atoms. The maximum atomic E-state index is 12.3. The second-order valence-corrected chi connectivity index (χ2v) is 6.59. The number of carbonyl (C=O) groups excluding carboxylic acids is 1. The van der Waals surface area contributed by atoms with Crippen LogP contribution in [0.25, 0.3) is 0 Å². The van der Waals surface area contributed by atoms with Gasteiger partial charge in [0.15, 0.2) is 0 Å². The van der Waals surface area contributed by atoms with Crippen molar-refractivity contribution in [3.8, 4) is 0 Å². The number of carbonyl (C=O) groups is 1. The molecular formula is C14H24N4O. The molecule has 0 saturated heterocycles. The molecule has 0 unspecified atom stereocenters. The third-order valence-electron chi connectivity index (χ3n) is 3.74. The van der Waals surface area contributed by atoms with E-state index in [-0.39, 0.29) is 17.1 Å². The molecule has 1 aromatic rings. The van der Waals surface area contributed by atoms with E-state index in [0.29, 0.717) is 5.92 Å². The summed E-state index contributed by atoms with van der Waals surface area (Å²) in [6.45, 7) is 6.95. The van der Waals surface area contributed by atoms with Crippen molar-refractivity contribution in [1.29, 1.82) is 0 Å². The van der Waals surface area contributed by atoms with Crippen LogP contribution in [0.4, 0.5) is 0 Å². The van der Waals surface area contributed by atoms with Crippen LogP contribution in [-0.4, -0.2) is 39.6 Å². The molecule has 1 aliphatic carbocycles. The van der Waals surface area contributed by atoms with Crippen molar-refractivity contribution in [3.63, 3.8) is 0 Å². The predicted molar refractivity (Wildman–Crippen MR) is 74.0 cm³/mol. The number of hydrogen-bond acceptors (Lipinski definition) is 3. The van der Waals surface area contributed by atoms with Crippen LogP contribution in [0.2, 0.25) is 0 Å². The lowest BCUT2D eigenvalue weighted by molar-refractivity contribution is 0.0761. The predicted octanol–water partition coefficient (Wildman–Crippen LogP) is 2.36. The molecule has 1 heterocycles. The highest BCUT2D eigenvalue weighted by atomic mass is 16.2. The van der Waals surface area contributed by atoms with Gasteiger partial charge in [0.2, 0.25) is 5.82 Å². The van der Waals surface area contributed by atoms with Crippen molar-refractivity contribution in [2.45, 2.75) is 51.9 Å². The van der Waals surface area contributed by atoms with Crippen LogP contribution in [0.15, 0.2) is 0 Å². The summed E-state index contributed by atoms with van der Waals surface area (Å²) in [5.74, 6) is 1.60. The lowest BCUT2D eigenvalue weighted by Gasteiger charge is -2.19. The SMILES string of the molecule is CN(CC1CCCC1)C(=O)c1n[nH]c(C(C)(C)C)n1. The molecule has 1 saturated carbocycles. The van der Waals surface area contributed by atoms with Gasteiger partial charge in [-0.3, -0.25) is 9.89 Å². The van der Waals surface area contributed by atoms with E-state index in [1.54, 1.807) is 4.90 Å². The molecule has 5 nitrogen and oxygen atoms in total. The number of nitrogens with one attached hydrogen (secondary N) is 1. The van der Waals surface area contributed by atoms with Gasteiger partial charge in [0.25, 0.3) is 5.91 Å². The zero-order chi connectivity index (χ0) is 14.0. The monoisotopic (exact) mass is 264 g/mol. The van der Waals surface area contributed by atoms with Gasteiger partial charge in [0, 0.05) is 19.0 Å². The average molecular weight is 264 g/mol. The molecular weight excluding hydrogens is 240 g/mol. The van der Waals surface area contributed by atoms with E-state index in [4.69, 9.17) is 0 Å². The van der Waals surface area contributed by atoms with E-state index in [1.165, 1.54) is 25.7 Å². The summed E-state index contributed by atoms with van der Waals surface area (Å²) >= 11 is 0. The summed E-state index contributed by atoms with van der Waals surface area (Å²) < 4.78 is 0. The Labute approximate surface area is 114 Å². The van der Waals surface area contributed by atoms with Crippen LogP contribution in [-0.2, 0) is 5.41 Å². The summed E-state index contributed by atoms with van der Waals surface area (Å²) in [6.07, 6.45) is 5.06. The number of aromatic nitrogens is 3. The number of aromatic amines is 1. The van der Waals surface area contributed by atoms with Gasteiger partial charge in [-0.1, -0.05) is 33.6 Å². The smallest absolute Gasteiger partial charge is 0.293 e. The Morgan fingerprint density at radius 1 is 1.37 bits per heavy atom. The molecule has 0 spiro atoms. The van der Waals surface area contributed by atoms with Crippen molar-refractivity contribution >= 4 is 5.91 Å². The standard InChI is InChI=1S/C14H24N4O/c1-14(2,3)13-15-11(16-17-13)12(19)18(4)9-10-7-5-6-8-10/h10H,5-9H2,1-4H3,(H,15,16,17). The van der Waals surface area contributed by atoms with Gasteiger partial charge < -0.3 is 4.90 Å². The first-order valence-corrected chi connectivity index (χ1v) is 7.06. The van der Waals surface area contributed by atoms with Crippen LogP contribution in [0.5, 0.6) is 0 Å². The van der Waals surface area contributed by atoms with Gasteiger partial charge in [-0.25, -0.2) is 4.98 Å². The first kappa shape index (κ1) is 14.0. The van der Waals surface area contributed by atoms with Gasteiger partial charge in [0.1, 0.15) is 5.82 Å². The lowest BCUT2D eigenvalue weighted by atomic mass is 9.96. The molecule has 2 rings (SSSR count). The third-order valence-corrected chi connectivity index (χ3v) is 3.74. The number of nitrogens with zero attached hydrogens (tertiary/aromatic N) is 3. The molecule has 1 N–H and O–H groups in total. The zero-order valence-corrected chi connectivity index (χ0v) is 12.4. The fraction of sp³-hybridized carbons (Fsp3) is 0.786. The van der Waals surface area contributed by atoms with Gasteiger partial charge in [-0.2, -0.15) is 0 Å². The highest BCUT2D eigenvalue weighted by molar-refractivity contribution is 5.90. The van der Waals surface area contributed by atoms with Crippen LogP contribution < -0.4 is 0 Å². The number of hydrogen-bond donors (Lipinski definition) is 1. The van der Waals surface area contributed by atoms with Crippen LogP contribution in [0.1, 0.15) is 62.9 Å². The van der Waals surface area contributed by atoms with Crippen LogP contribution in [0.3, 0.4) is 0 Å². The minimum atomic E-state index is -0.116. The van der Waals surface area contributed by atoms with Crippen molar-refractivity contribution in [2.75, 3.05) is 13.6 Å². The fourth-order valence-electron chi connectivity index (χ4n) is 2.53. The largest absolute Gasteiger partial charge is 0.339 e.